The highest BCUT2D eigenvalue weighted by Crippen LogP contribution is 2.37. The lowest BCUT2D eigenvalue weighted by Gasteiger charge is -2.23. The number of hydrogen-bond donors (Lipinski definition) is 6. The van der Waals surface area contributed by atoms with E-state index in [1.165, 1.54) is 12.3 Å². The van der Waals surface area contributed by atoms with E-state index >= 15 is 0 Å². The summed E-state index contributed by atoms with van der Waals surface area (Å²) in [6.07, 6.45) is 16.5. The molecule has 1 amide bonds. The molecule has 0 radical (unpaired) electrons. The number of aromatic nitrogens is 2. The predicted molar refractivity (Wildman–Crippen MR) is 217 cm³/mol. The van der Waals surface area contributed by atoms with Gasteiger partial charge in [-0.3, -0.25) is 14.8 Å². The van der Waals surface area contributed by atoms with Crippen LogP contribution in [0.1, 0.15) is 18.2 Å². The highest BCUT2D eigenvalue weighted by molar-refractivity contribution is 6.32. The Morgan fingerprint density at radius 3 is 2.12 bits per heavy atom. The number of carboxylic acids is 4. The fraction of sp³-hybridized carbons (Fsp3) is 0.122. The summed E-state index contributed by atoms with van der Waals surface area (Å²) in [5.74, 6) is -4.37. The van der Waals surface area contributed by atoms with Crippen LogP contribution in [-0.4, -0.2) is 84.8 Å². The van der Waals surface area contributed by atoms with Crippen molar-refractivity contribution in [3.63, 3.8) is 0 Å². The first kappa shape index (κ1) is 45.4. The summed E-state index contributed by atoms with van der Waals surface area (Å²) in [4.78, 5) is 61.9. The average Bonchev–Trinajstić information content (AvgIpc) is 3.20. The monoisotopic (exact) mass is 824 g/mol. The van der Waals surface area contributed by atoms with Crippen molar-refractivity contribution in [2.45, 2.75) is 19.6 Å². The van der Waals surface area contributed by atoms with Crippen molar-refractivity contribution in [1.82, 2.24) is 14.9 Å². The number of nitrogens with one attached hydrogen (secondary N) is 2. The molecular formula is C41H37ClN6O11. The van der Waals surface area contributed by atoms with E-state index in [0.29, 0.717) is 81.0 Å². The first-order valence-electron chi connectivity index (χ1n) is 17.1. The van der Waals surface area contributed by atoms with Crippen molar-refractivity contribution >= 4 is 69.4 Å². The Morgan fingerprint density at radius 1 is 0.881 bits per heavy atom. The number of allylic oxidation sites excluding steroid dienone is 2. The van der Waals surface area contributed by atoms with Crippen LogP contribution >= 0.6 is 11.6 Å². The third-order valence-corrected chi connectivity index (χ3v) is 7.64. The Hall–Kier alpha value is -7.97. The first-order valence-corrected chi connectivity index (χ1v) is 17.5. The maximum atomic E-state index is 12.9. The van der Waals surface area contributed by atoms with Crippen LogP contribution in [-0.2, 0) is 30.6 Å². The van der Waals surface area contributed by atoms with Crippen molar-refractivity contribution in [3.8, 4) is 17.6 Å². The molecule has 0 aliphatic carbocycles. The van der Waals surface area contributed by atoms with E-state index in [-0.39, 0.29) is 18.6 Å². The van der Waals surface area contributed by atoms with Gasteiger partial charge in [0.05, 0.1) is 45.8 Å². The third kappa shape index (κ3) is 15.6. The molecule has 5 rings (SSSR count). The number of carboxylic acid groups (broad SMARTS) is 4. The number of pyridine rings is 2. The largest absolute Gasteiger partial charge is 0.492 e. The Balaban J connectivity index is 0.000000490. The molecule has 1 atom stereocenters. The van der Waals surface area contributed by atoms with Crippen molar-refractivity contribution in [2.75, 3.05) is 24.3 Å². The van der Waals surface area contributed by atoms with Gasteiger partial charge in [-0.15, -0.1) is 0 Å². The number of hydrogen-bond acceptors (Lipinski definition) is 12. The van der Waals surface area contributed by atoms with Gasteiger partial charge in [-0.1, -0.05) is 35.9 Å². The molecule has 2 aromatic heterocycles. The second kappa shape index (κ2) is 23.2. The van der Waals surface area contributed by atoms with Gasteiger partial charge in [0, 0.05) is 67.0 Å². The van der Waals surface area contributed by atoms with Crippen LogP contribution in [0.4, 0.5) is 17.1 Å². The molecule has 4 aromatic rings. The maximum absolute atomic E-state index is 12.9. The molecule has 1 aliphatic heterocycles. The molecule has 0 spiro atoms. The van der Waals surface area contributed by atoms with Crippen molar-refractivity contribution in [3.05, 3.63) is 138 Å². The molecular weight excluding hydrogens is 788 g/mol. The zero-order valence-electron chi connectivity index (χ0n) is 31.4. The standard InChI is InChI=1S/C33H29ClN6O3.2C4H4O4/c1-3-42-31-18-28-26(17-29(31)39-32(41)13-11-25-9-5-7-15-40(25)2)33(22(19-35)20-37-28)38-23-10-12-30(27(34)16-23)43-21-24-8-4-6-14-36-24;2*5-3(6)1-2-4(7)8/h4-18,20,25H,3,21H2,1-2H3,(H,37,38)(H,39,41);2*1-2H,(H,5,6)(H,7,8)/b;2*2-1-. The Kier molecular flexibility index (Phi) is 17.8. The fourth-order valence-electron chi connectivity index (χ4n) is 4.73. The molecule has 17 nitrogen and oxygen atoms in total. The number of halogens is 1. The molecule has 59 heavy (non-hydrogen) atoms. The molecule has 3 heterocycles. The first-order chi connectivity index (χ1) is 28.2. The molecule has 0 saturated heterocycles. The number of carbonyl (C=O) groups is 5. The predicted octanol–water partition coefficient (Wildman–Crippen LogP) is 6.18. The van der Waals surface area contributed by atoms with E-state index in [9.17, 15) is 29.2 Å². The Labute approximate surface area is 342 Å². The number of anilines is 3. The van der Waals surface area contributed by atoms with Crippen LogP contribution in [0.3, 0.4) is 0 Å². The summed E-state index contributed by atoms with van der Waals surface area (Å²) in [5, 5.41) is 48.4. The lowest BCUT2D eigenvalue weighted by molar-refractivity contribution is -0.134. The highest BCUT2D eigenvalue weighted by atomic mass is 35.5. The number of rotatable bonds is 14. The number of benzene rings is 2. The number of amides is 1. The number of nitriles is 1. The van der Waals surface area contributed by atoms with E-state index in [2.05, 4.69) is 26.7 Å². The third-order valence-electron chi connectivity index (χ3n) is 7.34. The molecule has 304 valence electrons. The topological polar surface area (TPSA) is 262 Å². The van der Waals surface area contributed by atoms with Gasteiger partial charge in [0.1, 0.15) is 24.2 Å². The van der Waals surface area contributed by atoms with Crippen LogP contribution in [0.2, 0.25) is 5.02 Å². The summed E-state index contributed by atoms with van der Waals surface area (Å²) in [5.41, 5.74) is 3.29. The zero-order chi connectivity index (χ0) is 43.3. The van der Waals surface area contributed by atoms with Crippen molar-refractivity contribution in [2.24, 2.45) is 0 Å². The molecule has 0 saturated carbocycles. The van der Waals surface area contributed by atoms with Gasteiger partial charge in [0.25, 0.3) is 0 Å². The highest BCUT2D eigenvalue weighted by Gasteiger charge is 2.16. The van der Waals surface area contributed by atoms with Gasteiger partial charge in [0.15, 0.2) is 0 Å². The van der Waals surface area contributed by atoms with Gasteiger partial charge < -0.3 is 45.4 Å². The number of ether oxygens (including phenoxy) is 2. The summed E-state index contributed by atoms with van der Waals surface area (Å²) >= 11 is 6.54. The minimum absolute atomic E-state index is 0.0319. The molecule has 18 heteroatoms. The van der Waals surface area contributed by atoms with Gasteiger partial charge in [-0.2, -0.15) is 5.26 Å². The minimum atomic E-state index is -1.26. The smallest absolute Gasteiger partial charge is 0.328 e. The number of nitrogens with zero attached hydrogens (tertiary/aromatic N) is 4. The fourth-order valence-corrected chi connectivity index (χ4v) is 4.97. The quantitative estimate of drug-likeness (QED) is 0.0776. The van der Waals surface area contributed by atoms with Crippen LogP contribution in [0.15, 0.2) is 122 Å². The number of likely N-dealkylation sites (N-methyl/N-ethyl adjacent to an activating group) is 1. The molecule has 1 aliphatic rings. The summed E-state index contributed by atoms with van der Waals surface area (Å²) < 4.78 is 11.7. The second-order valence-corrected chi connectivity index (χ2v) is 12.0. The van der Waals surface area contributed by atoms with Crippen LogP contribution in [0.25, 0.3) is 10.9 Å². The van der Waals surface area contributed by atoms with E-state index < -0.39 is 23.9 Å². The van der Waals surface area contributed by atoms with E-state index in [0.717, 1.165) is 5.69 Å². The van der Waals surface area contributed by atoms with E-state index in [1.807, 2.05) is 67.6 Å². The summed E-state index contributed by atoms with van der Waals surface area (Å²) in [6, 6.07) is 16.5. The average molecular weight is 825 g/mol. The van der Waals surface area contributed by atoms with E-state index in [4.69, 9.17) is 41.5 Å². The van der Waals surface area contributed by atoms with E-state index in [1.54, 1.807) is 36.5 Å². The molecule has 6 N–H and O–H groups in total. The van der Waals surface area contributed by atoms with Gasteiger partial charge >= 0.3 is 23.9 Å². The Morgan fingerprint density at radius 2 is 1.56 bits per heavy atom. The van der Waals surface area contributed by atoms with Gasteiger partial charge in [-0.25, -0.2) is 19.2 Å². The molecule has 0 fully saturated rings. The molecule has 1 unspecified atom stereocenters. The van der Waals surface area contributed by atoms with Crippen LogP contribution in [0, 0.1) is 11.3 Å². The minimum Gasteiger partial charge on any atom is -0.492 e. The summed E-state index contributed by atoms with van der Waals surface area (Å²) in [7, 11) is 1.94. The molecule has 0 bridgehead atoms. The molecule has 2 aromatic carbocycles. The number of fused-ring (bicyclic) bond motifs is 1. The van der Waals surface area contributed by atoms with Crippen molar-refractivity contribution in [1.29, 1.82) is 5.26 Å². The normalized spacial score (nSPS) is 12.8. The second-order valence-electron chi connectivity index (χ2n) is 11.6. The lowest BCUT2D eigenvalue weighted by Crippen LogP contribution is -2.24. The van der Waals surface area contributed by atoms with Gasteiger partial charge in [0.2, 0.25) is 5.91 Å². The van der Waals surface area contributed by atoms with Crippen molar-refractivity contribution < 1.29 is 53.9 Å². The zero-order valence-corrected chi connectivity index (χ0v) is 32.1. The SMILES string of the molecule is CCOc1cc2ncc(C#N)c(Nc3ccc(OCc4ccccn4)c(Cl)c3)c2cc1NC(=O)C=CC1C=CC=CN1C.O=C(O)/C=C\C(=O)O.O=C(O)/C=C\C(=O)O. The number of carbonyl (C=O) groups excluding carboxylic acids is 1. The number of aliphatic carboxylic acids is 4. The van der Waals surface area contributed by atoms with Gasteiger partial charge in [-0.05, 0) is 55.6 Å². The summed E-state index contributed by atoms with van der Waals surface area (Å²) in [6.45, 7) is 2.53. The lowest BCUT2D eigenvalue weighted by atomic mass is 10.1. The van der Waals surface area contributed by atoms with Crippen LogP contribution in [0.5, 0.6) is 11.5 Å². The van der Waals surface area contributed by atoms with Crippen LogP contribution < -0.4 is 20.1 Å². The Bertz CT molecular complexity index is 2290. The maximum Gasteiger partial charge on any atom is 0.328 e.